The zero-order chi connectivity index (χ0) is 31.3. The number of amides is 4. The molecule has 6 unspecified atom stereocenters. The molecular weight excluding hydrogens is 606 g/mol. The Hall–Kier alpha value is -3.23. The number of aromatic hydroxyl groups is 1. The Labute approximate surface area is 265 Å². The van der Waals surface area contributed by atoms with Gasteiger partial charge in [0.05, 0.1) is 17.5 Å². The van der Waals surface area contributed by atoms with E-state index in [0.29, 0.717) is 28.7 Å². The van der Waals surface area contributed by atoms with Gasteiger partial charge < -0.3 is 5.11 Å². The number of halogens is 3. The maximum absolute atomic E-state index is 14.4. The van der Waals surface area contributed by atoms with Crippen molar-refractivity contribution >= 4 is 52.5 Å². The number of carbonyl (C=O) groups is 4. The maximum atomic E-state index is 14.4. The fourth-order valence-corrected chi connectivity index (χ4v) is 9.59. The third-order valence-electron chi connectivity index (χ3n) is 10.7. The lowest BCUT2D eigenvalue weighted by Gasteiger charge is -2.51. The highest BCUT2D eigenvalue weighted by Gasteiger charge is 2.76. The van der Waals surface area contributed by atoms with Crippen LogP contribution in [0.25, 0.3) is 0 Å². The minimum atomic E-state index is -2.00. The lowest BCUT2D eigenvalue weighted by molar-refractivity contribution is -0.143. The molecule has 0 bridgehead atoms. The van der Waals surface area contributed by atoms with E-state index in [4.69, 9.17) is 23.2 Å². The van der Waals surface area contributed by atoms with E-state index >= 15 is 0 Å². The molecule has 230 valence electrons. The molecule has 0 aromatic heterocycles. The lowest BCUT2D eigenvalue weighted by Crippen LogP contribution is -2.60. The molecule has 44 heavy (non-hydrogen) atoms. The van der Waals surface area contributed by atoms with E-state index in [2.05, 4.69) is 0 Å². The maximum Gasteiger partial charge on any atom is 0.258 e. The fourth-order valence-electron chi connectivity index (χ4n) is 8.65. The quantitative estimate of drug-likeness (QED) is 0.251. The van der Waals surface area contributed by atoms with E-state index < -0.39 is 51.1 Å². The summed E-state index contributed by atoms with van der Waals surface area (Å²) in [7, 11) is 0. The van der Waals surface area contributed by atoms with Crippen LogP contribution in [-0.4, -0.2) is 49.4 Å². The van der Waals surface area contributed by atoms with Crippen LogP contribution in [0.4, 0.5) is 10.1 Å². The Kier molecular flexibility index (Phi) is 6.80. The summed E-state index contributed by atoms with van der Waals surface area (Å²) in [5, 5.41) is 10.6. The molecule has 4 fully saturated rings. The van der Waals surface area contributed by atoms with Crippen LogP contribution in [0, 0.1) is 37.4 Å². The molecule has 6 atom stereocenters. The van der Waals surface area contributed by atoms with Gasteiger partial charge in [-0.15, -0.1) is 23.2 Å². The number of carbonyl (C=O) groups excluding carboxylic acids is 4. The van der Waals surface area contributed by atoms with Crippen LogP contribution in [0.5, 0.6) is 5.75 Å². The molecule has 2 aromatic rings. The summed E-state index contributed by atoms with van der Waals surface area (Å²) < 4.78 is 13.8. The van der Waals surface area contributed by atoms with Gasteiger partial charge in [-0.05, 0) is 86.4 Å². The van der Waals surface area contributed by atoms with Gasteiger partial charge in [0.15, 0.2) is 9.75 Å². The van der Waals surface area contributed by atoms with E-state index in [1.54, 1.807) is 26.0 Å². The number of anilines is 1. The van der Waals surface area contributed by atoms with Gasteiger partial charge in [0, 0.05) is 12.0 Å². The van der Waals surface area contributed by atoms with E-state index in [-0.39, 0.29) is 35.7 Å². The average molecular weight is 640 g/mol. The second-order valence-corrected chi connectivity index (χ2v) is 14.3. The van der Waals surface area contributed by atoms with Crippen molar-refractivity contribution in [2.75, 3.05) is 4.90 Å². The van der Waals surface area contributed by atoms with Gasteiger partial charge in [-0.2, -0.15) is 0 Å². The molecule has 1 N–H and O–H groups in total. The summed E-state index contributed by atoms with van der Waals surface area (Å²) in [6, 6.07) is 8.29. The minimum Gasteiger partial charge on any atom is -0.507 e. The molecule has 2 saturated heterocycles. The predicted octanol–water partition coefficient (Wildman–Crippen LogP) is 6.04. The second kappa shape index (κ2) is 10.1. The number of rotatable bonds is 3. The van der Waals surface area contributed by atoms with Crippen molar-refractivity contribution in [3.63, 3.8) is 0 Å². The zero-order valence-electron chi connectivity index (χ0n) is 24.5. The number of nitrogens with zero attached hydrogens (tertiary/aromatic N) is 2. The van der Waals surface area contributed by atoms with Crippen LogP contribution in [0.15, 0.2) is 48.0 Å². The van der Waals surface area contributed by atoms with Crippen molar-refractivity contribution in [3.05, 3.63) is 70.6 Å². The van der Waals surface area contributed by atoms with Crippen LogP contribution >= 0.6 is 23.2 Å². The van der Waals surface area contributed by atoms with Crippen molar-refractivity contribution in [3.8, 4) is 5.75 Å². The number of phenolic OH excluding ortho intramolecular Hbond substituents is 1. The SMILES string of the molecule is Cc1cc(C2C3=CCC4C(=O)N(C5CCCCC5)C(=O)C4C3CC3(Cl)C(=O)N(c4ccc(F)cc4)C(=O)C23Cl)cc(C)c1O. The molecule has 2 aromatic carbocycles. The first-order valence-electron chi connectivity index (χ1n) is 15.3. The minimum absolute atomic E-state index is 0.0982. The summed E-state index contributed by atoms with van der Waals surface area (Å²) in [6.45, 7) is 3.47. The van der Waals surface area contributed by atoms with Crippen LogP contribution in [0.2, 0.25) is 0 Å². The summed E-state index contributed by atoms with van der Waals surface area (Å²) in [6.07, 6.45) is 6.67. The van der Waals surface area contributed by atoms with E-state index in [0.717, 1.165) is 49.1 Å². The van der Waals surface area contributed by atoms with Gasteiger partial charge >= 0.3 is 0 Å². The first kappa shape index (κ1) is 29.5. The number of fused-ring (bicyclic) bond motifs is 4. The van der Waals surface area contributed by atoms with Crippen LogP contribution in [0.3, 0.4) is 0 Å². The summed E-state index contributed by atoms with van der Waals surface area (Å²) >= 11 is 14.8. The smallest absolute Gasteiger partial charge is 0.258 e. The van der Waals surface area contributed by atoms with Gasteiger partial charge in [0.1, 0.15) is 11.6 Å². The number of hydrogen-bond donors (Lipinski definition) is 1. The number of likely N-dealkylation sites (tertiary alicyclic amines) is 1. The standard InChI is InChI=1S/C34H33Cl2FN2O5/c1-17-14-19(15-18(2)28(17)40)27-23-12-13-24-26(30(42)38(29(24)41)21-6-4-3-5-7-21)25(23)16-33(35)31(43)39(32(44)34(27,33)36)22-10-8-20(37)9-11-22/h8-12,14-15,21,24-27,40H,3-7,13,16H2,1-2H3. The number of hydrogen-bond acceptors (Lipinski definition) is 5. The highest BCUT2D eigenvalue weighted by atomic mass is 35.5. The van der Waals surface area contributed by atoms with Gasteiger partial charge in [-0.1, -0.05) is 43.0 Å². The fraction of sp³-hybridized carbons (Fsp3) is 0.471. The number of alkyl halides is 2. The largest absolute Gasteiger partial charge is 0.507 e. The van der Waals surface area contributed by atoms with E-state index in [1.807, 2.05) is 6.08 Å². The van der Waals surface area contributed by atoms with Gasteiger partial charge in [-0.3, -0.25) is 24.1 Å². The number of aryl methyl sites for hydroxylation is 2. The molecule has 7 nitrogen and oxygen atoms in total. The topological polar surface area (TPSA) is 95.0 Å². The monoisotopic (exact) mass is 638 g/mol. The summed E-state index contributed by atoms with van der Waals surface area (Å²) in [5.41, 5.74) is 2.53. The predicted molar refractivity (Wildman–Crippen MR) is 163 cm³/mol. The molecule has 2 aliphatic heterocycles. The number of benzene rings is 2. The second-order valence-electron chi connectivity index (χ2n) is 13.1. The van der Waals surface area contributed by atoms with Gasteiger partial charge in [0.25, 0.3) is 11.8 Å². The molecule has 3 aliphatic carbocycles. The summed E-state index contributed by atoms with van der Waals surface area (Å²) in [5.74, 6) is -5.20. The highest BCUT2D eigenvalue weighted by molar-refractivity contribution is 6.58. The Morgan fingerprint density at radius 3 is 2.16 bits per heavy atom. The molecule has 10 heteroatoms. The first-order valence-corrected chi connectivity index (χ1v) is 16.0. The van der Waals surface area contributed by atoms with Crippen molar-refractivity contribution in [1.82, 2.24) is 4.90 Å². The van der Waals surface area contributed by atoms with E-state index in [1.165, 1.54) is 17.0 Å². The average Bonchev–Trinajstić information content (AvgIpc) is 3.34. The van der Waals surface area contributed by atoms with Crippen molar-refractivity contribution in [1.29, 1.82) is 0 Å². The first-order chi connectivity index (χ1) is 20.9. The van der Waals surface area contributed by atoms with Gasteiger partial charge in [0.2, 0.25) is 11.8 Å². The molecule has 0 radical (unpaired) electrons. The molecule has 2 saturated carbocycles. The van der Waals surface area contributed by atoms with E-state index in [9.17, 15) is 28.7 Å². The zero-order valence-corrected chi connectivity index (χ0v) is 26.0. The number of phenols is 1. The van der Waals surface area contributed by atoms with Crippen molar-refractivity contribution in [2.45, 2.75) is 80.5 Å². The molecule has 7 rings (SSSR count). The summed E-state index contributed by atoms with van der Waals surface area (Å²) in [4.78, 5) is 55.2. The van der Waals surface area contributed by atoms with Crippen molar-refractivity contribution in [2.24, 2.45) is 17.8 Å². The highest BCUT2D eigenvalue weighted by Crippen LogP contribution is 2.66. The molecule has 2 heterocycles. The number of imide groups is 2. The Balaban J connectivity index is 1.40. The Bertz CT molecular complexity index is 1630. The lowest BCUT2D eigenvalue weighted by atomic mass is 9.56. The van der Waals surface area contributed by atoms with Crippen molar-refractivity contribution < 1.29 is 28.7 Å². The Morgan fingerprint density at radius 2 is 1.52 bits per heavy atom. The number of allylic oxidation sites excluding steroid dienone is 2. The molecular formula is C34H33Cl2FN2O5. The normalized spacial score (nSPS) is 33.8. The Morgan fingerprint density at radius 1 is 0.886 bits per heavy atom. The molecule has 0 spiro atoms. The third-order valence-corrected chi connectivity index (χ3v) is 12.1. The van der Waals surface area contributed by atoms with Gasteiger partial charge in [-0.25, -0.2) is 9.29 Å². The molecule has 4 amide bonds. The van der Waals surface area contributed by atoms with Crippen LogP contribution in [0.1, 0.15) is 67.6 Å². The van der Waals surface area contributed by atoms with Crippen LogP contribution < -0.4 is 4.90 Å². The molecule has 5 aliphatic rings. The third kappa shape index (κ3) is 3.86. The van der Waals surface area contributed by atoms with Crippen LogP contribution in [-0.2, 0) is 19.2 Å².